The Balaban J connectivity index is 1.53. The van der Waals surface area contributed by atoms with Crippen LogP contribution in [-0.4, -0.2) is 5.78 Å². The Morgan fingerprint density at radius 2 is 1.68 bits per heavy atom. The highest BCUT2D eigenvalue weighted by molar-refractivity contribution is 6.22. The van der Waals surface area contributed by atoms with Gasteiger partial charge in [-0.3, -0.25) is 4.79 Å². The van der Waals surface area contributed by atoms with Gasteiger partial charge in [0, 0.05) is 11.5 Å². The third-order valence-corrected chi connectivity index (χ3v) is 5.53. The van der Waals surface area contributed by atoms with E-state index in [4.69, 9.17) is 0 Å². The van der Waals surface area contributed by atoms with E-state index in [-0.39, 0.29) is 17.5 Å². The van der Waals surface area contributed by atoms with Gasteiger partial charge < -0.3 is 0 Å². The Morgan fingerprint density at radius 1 is 1.11 bits per heavy atom. The van der Waals surface area contributed by atoms with E-state index in [0.29, 0.717) is 17.4 Å². The van der Waals surface area contributed by atoms with Crippen molar-refractivity contribution in [1.82, 2.24) is 0 Å². The van der Waals surface area contributed by atoms with Crippen molar-refractivity contribution < 1.29 is 9.18 Å². The molecule has 0 spiro atoms. The van der Waals surface area contributed by atoms with E-state index < -0.39 is 0 Å². The maximum Gasteiger partial charge on any atom is 0.166 e. The van der Waals surface area contributed by atoms with Crippen LogP contribution < -0.4 is 0 Å². The number of rotatable bonds is 3. The number of Topliss-reactive ketones (excluding diaryl/α,β-unsaturated/α-hetero) is 1. The maximum absolute atomic E-state index is 12.9. The van der Waals surface area contributed by atoms with Gasteiger partial charge in [0.05, 0.1) is 0 Å². The lowest BCUT2D eigenvalue weighted by Crippen LogP contribution is -2.11. The highest BCUT2D eigenvalue weighted by Gasteiger charge is 2.67. The minimum Gasteiger partial charge on any atom is -0.294 e. The predicted octanol–water partition coefficient (Wildman–Crippen LogP) is 3.70. The van der Waals surface area contributed by atoms with Crippen molar-refractivity contribution in [2.45, 2.75) is 19.3 Å². The molecule has 0 radical (unpaired) electrons. The zero-order valence-electron chi connectivity index (χ0n) is 10.8. The fraction of sp³-hybridized carbons (Fsp3) is 0.471. The summed E-state index contributed by atoms with van der Waals surface area (Å²) >= 11 is 0. The minimum atomic E-state index is -0.273. The standard InChI is InChI=1S/C17H17FO/c1-9(10-4-6-13(18)7-5-10)17(19)16-14-11-2-3-12(8-11)15(14)16/h4-7,11-12,14-16H,1-3,8H2. The molecule has 0 N–H and O–H groups in total. The van der Waals surface area contributed by atoms with Gasteiger partial charge in [-0.1, -0.05) is 18.7 Å². The molecule has 19 heavy (non-hydrogen) atoms. The topological polar surface area (TPSA) is 17.1 Å². The molecule has 4 atom stereocenters. The van der Waals surface area contributed by atoms with Crippen LogP contribution in [0, 0.1) is 35.4 Å². The van der Waals surface area contributed by atoms with E-state index in [1.807, 2.05) is 0 Å². The quantitative estimate of drug-likeness (QED) is 0.754. The first-order valence-corrected chi connectivity index (χ1v) is 7.16. The summed E-state index contributed by atoms with van der Waals surface area (Å²) in [6.45, 7) is 3.94. The molecule has 0 saturated heterocycles. The normalized spacial score (nSPS) is 38.1. The molecule has 98 valence electrons. The lowest BCUT2D eigenvalue weighted by Gasteiger charge is -2.10. The highest BCUT2D eigenvalue weighted by atomic mass is 19.1. The minimum absolute atomic E-state index is 0.207. The van der Waals surface area contributed by atoms with Crippen LogP contribution in [-0.2, 0) is 4.79 Å². The fourth-order valence-corrected chi connectivity index (χ4v) is 4.67. The summed E-state index contributed by atoms with van der Waals surface area (Å²) in [6, 6.07) is 6.10. The van der Waals surface area contributed by atoms with Crippen molar-refractivity contribution in [3.63, 3.8) is 0 Å². The Labute approximate surface area is 112 Å². The molecule has 4 unspecified atom stereocenters. The number of ketones is 1. The molecule has 3 aliphatic carbocycles. The highest BCUT2D eigenvalue weighted by Crippen LogP contribution is 2.70. The van der Waals surface area contributed by atoms with Crippen LogP contribution in [0.25, 0.3) is 5.57 Å². The van der Waals surface area contributed by atoms with Gasteiger partial charge in [-0.25, -0.2) is 4.39 Å². The van der Waals surface area contributed by atoms with Gasteiger partial charge in [0.2, 0.25) is 0 Å². The molecule has 2 bridgehead atoms. The average molecular weight is 256 g/mol. The van der Waals surface area contributed by atoms with Gasteiger partial charge in [0.1, 0.15) is 5.82 Å². The first-order chi connectivity index (χ1) is 9.16. The summed E-state index contributed by atoms with van der Waals surface area (Å²) in [5.41, 5.74) is 1.34. The van der Waals surface area contributed by atoms with Crippen molar-refractivity contribution in [3.8, 4) is 0 Å². The Morgan fingerprint density at radius 3 is 2.26 bits per heavy atom. The second kappa shape index (κ2) is 3.78. The zero-order chi connectivity index (χ0) is 13.1. The first kappa shape index (κ1) is 11.4. The Kier molecular flexibility index (Phi) is 2.27. The summed E-state index contributed by atoms with van der Waals surface area (Å²) in [6.07, 6.45) is 3.99. The van der Waals surface area contributed by atoms with Crippen LogP contribution in [0.1, 0.15) is 24.8 Å². The number of allylic oxidation sites excluding steroid dienone is 1. The molecule has 3 aliphatic rings. The smallest absolute Gasteiger partial charge is 0.166 e. The predicted molar refractivity (Wildman–Crippen MR) is 71.7 cm³/mol. The van der Waals surface area contributed by atoms with Crippen LogP contribution in [0.2, 0.25) is 0 Å². The summed E-state index contributed by atoms with van der Waals surface area (Å²) in [7, 11) is 0. The van der Waals surface area contributed by atoms with Gasteiger partial charge in [-0.05, 0) is 60.6 Å². The summed E-state index contributed by atoms with van der Waals surface area (Å²) in [5, 5.41) is 0. The monoisotopic (exact) mass is 256 g/mol. The molecule has 1 nitrogen and oxygen atoms in total. The third-order valence-electron chi connectivity index (χ3n) is 5.53. The number of halogens is 1. The number of hydrogen-bond acceptors (Lipinski definition) is 1. The molecule has 0 amide bonds. The van der Waals surface area contributed by atoms with Crippen molar-refractivity contribution in [2.75, 3.05) is 0 Å². The summed E-state index contributed by atoms with van der Waals surface area (Å²) in [4.78, 5) is 12.5. The molecule has 3 fully saturated rings. The lowest BCUT2D eigenvalue weighted by molar-refractivity contribution is -0.115. The van der Waals surface area contributed by atoms with Gasteiger partial charge >= 0.3 is 0 Å². The first-order valence-electron chi connectivity index (χ1n) is 7.16. The number of carbonyl (C=O) groups is 1. The number of hydrogen-bond donors (Lipinski definition) is 0. The van der Waals surface area contributed by atoms with E-state index in [1.54, 1.807) is 12.1 Å². The van der Waals surface area contributed by atoms with E-state index in [0.717, 1.165) is 17.4 Å². The second-order valence-electron chi connectivity index (χ2n) is 6.36. The van der Waals surface area contributed by atoms with Crippen LogP contribution in [0.5, 0.6) is 0 Å². The molecule has 1 aromatic carbocycles. The van der Waals surface area contributed by atoms with E-state index in [1.165, 1.54) is 31.4 Å². The molecule has 3 saturated carbocycles. The Hall–Kier alpha value is -1.44. The van der Waals surface area contributed by atoms with Crippen LogP contribution in [0.3, 0.4) is 0 Å². The van der Waals surface area contributed by atoms with Crippen LogP contribution in [0.15, 0.2) is 30.8 Å². The molecule has 1 aromatic rings. The van der Waals surface area contributed by atoms with Crippen molar-refractivity contribution in [3.05, 3.63) is 42.2 Å². The lowest BCUT2D eigenvalue weighted by atomic mass is 9.93. The molecule has 4 rings (SSSR count). The Bertz CT molecular complexity index is 543. The molecular formula is C17H17FO. The van der Waals surface area contributed by atoms with Gasteiger partial charge in [-0.15, -0.1) is 0 Å². The second-order valence-corrected chi connectivity index (χ2v) is 6.36. The number of fused-ring (bicyclic) bond motifs is 5. The largest absolute Gasteiger partial charge is 0.294 e. The van der Waals surface area contributed by atoms with Crippen molar-refractivity contribution in [2.24, 2.45) is 29.6 Å². The zero-order valence-corrected chi connectivity index (χ0v) is 10.8. The van der Waals surface area contributed by atoms with Crippen molar-refractivity contribution >= 4 is 11.4 Å². The van der Waals surface area contributed by atoms with Crippen LogP contribution >= 0.6 is 0 Å². The maximum atomic E-state index is 12.9. The fourth-order valence-electron chi connectivity index (χ4n) is 4.67. The van der Waals surface area contributed by atoms with E-state index >= 15 is 0 Å². The van der Waals surface area contributed by atoms with Gasteiger partial charge in [0.25, 0.3) is 0 Å². The molecule has 0 heterocycles. The third kappa shape index (κ3) is 1.55. The molecule has 0 aliphatic heterocycles. The average Bonchev–Trinajstić information content (AvgIpc) is 2.85. The van der Waals surface area contributed by atoms with E-state index in [9.17, 15) is 9.18 Å². The van der Waals surface area contributed by atoms with Crippen LogP contribution in [0.4, 0.5) is 4.39 Å². The van der Waals surface area contributed by atoms with E-state index in [2.05, 4.69) is 6.58 Å². The molecular weight excluding hydrogens is 239 g/mol. The SMILES string of the molecule is C=C(C(=O)C1C2C3CCC(C3)C12)c1ccc(F)cc1. The molecule has 2 heteroatoms. The summed E-state index contributed by atoms with van der Waals surface area (Å²) in [5.74, 6) is 3.04. The molecule has 0 aromatic heterocycles. The summed E-state index contributed by atoms with van der Waals surface area (Å²) < 4.78 is 12.9. The van der Waals surface area contributed by atoms with Gasteiger partial charge in [0.15, 0.2) is 5.78 Å². The number of carbonyl (C=O) groups excluding carboxylic acids is 1. The van der Waals surface area contributed by atoms with Gasteiger partial charge in [-0.2, -0.15) is 0 Å². The number of benzene rings is 1. The van der Waals surface area contributed by atoms with Crippen molar-refractivity contribution in [1.29, 1.82) is 0 Å².